The van der Waals surface area contributed by atoms with E-state index in [1.54, 1.807) is 6.07 Å². The molecular weight excluding hydrogens is 569 g/mol. The molecule has 0 bridgehead atoms. The van der Waals surface area contributed by atoms with E-state index in [1.165, 1.54) is 38.5 Å². The van der Waals surface area contributed by atoms with E-state index in [-0.39, 0.29) is 23.0 Å². The third-order valence-electron chi connectivity index (χ3n) is 7.85. The van der Waals surface area contributed by atoms with Gasteiger partial charge in [0.15, 0.2) is 5.75 Å². The van der Waals surface area contributed by atoms with Crippen molar-refractivity contribution in [2.45, 2.75) is 70.4 Å². The quantitative estimate of drug-likeness (QED) is 0.150. The third kappa shape index (κ3) is 10.2. The lowest BCUT2D eigenvalue weighted by atomic mass is 10.0. The Morgan fingerprint density at radius 1 is 0.857 bits per heavy atom. The second-order valence-electron chi connectivity index (χ2n) is 11.0. The molecule has 3 aromatic rings. The van der Waals surface area contributed by atoms with Crippen molar-refractivity contribution in [3.05, 3.63) is 82.3 Å². The van der Waals surface area contributed by atoms with E-state index in [1.807, 2.05) is 60.7 Å². The number of nitrogens with one attached hydrogen (secondary N) is 2. The standard InChI is InChI=1S/C34H43Cl2N3O3/c35-30-18-17-27(32(36)33(30)40)25-37-21-11-4-2-1-3-5-12-22-39-23-19-28(20-24-39)42-34(41)38-31-16-10-9-15-29(31)26-13-7-6-8-14-26/h6-10,13-18,28,37,40H,1-5,11-12,19-25H2,(H,38,41). The van der Waals surface area contributed by atoms with Crippen molar-refractivity contribution >= 4 is 35.0 Å². The minimum absolute atomic E-state index is 0.0325. The van der Waals surface area contributed by atoms with E-state index in [2.05, 4.69) is 15.5 Å². The van der Waals surface area contributed by atoms with Crippen LogP contribution in [0.1, 0.15) is 63.4 Å². The van der Waals surface area contributed by atoms with Gasteiger partial charge in [-0.2, -0.15) is 0 Å². The van der Waals surface area contributed by atoms with Crippen LogP contribution < -0.4 is 10.6 Å². The molecule has 3 aromatic carbocycles. The third-order valence-corrected chi connectivity index (χ3v) is 8.57. The second-order valence-corrected chi connectivity index (χ2v) is 11.8. The molecule has 0 aliphatic carbocycles. The zero-order valence-corrected chi connectivity index (χ0v) is 25.8. The van der Waals surface area contributed by atoms with E-state index in [0.717, 1.165) is 67.8 Å². The molecule has 1 aliphatic rings. The number of halogens is 2. The summed E-state index contributed by atoms with van der Waals surface area (Å²) >= 11 is 12.0. The van der Waals surface area contributed by atoms with Crippen molar-refractivity contribution in [1.82, 2.24) is 10.2 Å². The molecule has 1 amide bonds. The minimum Gasteiger partial charge on any atom is -0.505 e. The number of carbonyl (C=O) groups is 1. The molecule has 8 heteroatoms. The summed E-state index contributed by atoms with van der Waals surface area (Å²) < 4.78 is 5.77. The van der Waals surface area contributed by atoms with Gasteiger partial charge in [0.2, 0.25) is 0 Å². The topological polar surface area (TPSA) is 73.8 Å². The lowest BCUT2D eigenvalue weighted by molar-refractivity contribution is 0.0585. The monoisotopic (exact) mass is 611 g/mol. The predicted molar refractivity (Wildman–Crippen MR) is 174 cm³/mol. The molecular formula is C34H43Cl2N3O3. The Morgan fingerprint density at radius 3 is 2.29 bits per heavy atom. The lowest BCUT2D eigenvalue weighted by Crippen LogP contribution is -2.38. The van der Waals surface area contributed by atoms with Crippen molar-refractivity contribution < 1.29 is 14.6 Å². The maximum atomic E-state index is 12.6. The zero-order valence-electron chi connectivity index (χ0n) is 24.3. The first kappa shape index (κ1) is 32.2. The highest BCUT2D eigenvalue weighted by Crippen LogP contribution is 2.34. The van der Waals surface area contributed by atoms with Crippen LogP contribution in [0.25, 0.3) is 11.1 Å². The van der Waals surface area contributed by atoms with Gasteiger partial charge in [-0.25, -0.2) is 4.79 Å². The Labute approximate surface area is 260 Å². The first-order valence-electron chi connectivity index (χ1n) is 15.2. The van der Waals surface area contributed by atoms with Crippen LogP contribution in [0.3, 0.4) is 0 Å². The van der Waals surface area contributed by atoms with Crippen LogP contribution in [-0.4, -0.2) is 48.4 Å². The summed E-state index contributed by atoms with van der Waals surface area (Å²) in [5.41, 5.74) is 3.68. The van der Waals surface area contributed by atoms with Crippen LogP contribution in [0.5, 0.6) is 5.75 Å². The first-order valence-corrected chi connectivity index (χ1v) is 16.0. The number of anilines is 1. The summed E-state index contributed by atoms with van der Waals surface area (Å²) in [4.78, 5) is 15.1. The van der Waals surface area contributed by atoms with Gasteiger partial charge in [-0.3, -0.25) is 5.32 Å². The number of ether oxygens (including phenoxy) is 1. The number of likely N-dealkylation sites (tertiary alicyclic amines) is 1. The van der Waals surface area contributed by atoms with Crippen LogP contribution >= 0.6 is 23.2 Å². The number of nitrogens with zero attached hydrogens (tertiary/aromatic N) is 1. The number of unbranched alkanes of at least 4 members (excludes halogenated alkanes) is 6. The number of phenolic OH excluding ortho intramolecular Hbond substituents is 1. The van der Waals surface area contributed by atoms with Crippen molar-refractivity contribution in [3.8, 4) is 16.9 Å². The Bertz CT molecular complexity index is 1250. The summed E-state index contributed by atoms with van der Waals surface area (Å²) in [6.45, 7) is 4.64. The first-order chi connectivity index (χ1) is 20.5. The molecule has 0 radical (unpaired) electrons. The molecule has 0 spiro atoms. The van der Waals surface area contributed by atoms with E-state index < -0.39 is 0 Å². The molecule has 4 rings (SSSR count). The summed E-state index contributed by atoms with van der Waals surface area (Å²) in [5.74, 6) is -0.0438. The number of rotatable bonds is 15. The number of benzene rings is 3. The number of amides is 1. The molecule has 226 valence electrons. The summed E-state index contributed by atoms with van der Waals surface area (Å²) in [6, 6.07) is 21.4. The van der Waals surface area contributed by atoms with Crippen LogP contribution in [-0.2, 0) is 11.3 Å². The highest BCUT2D eigenvalue weighted by atomic mass is 35.5. The smallest absolute Gasteiger partial charge is 0.411 e. The number of aromatic hydroxyl groups is 1. The Kier molecular flexibility index (Phi) is 13.3. The highest BCUT2D eigenvalue weighted by molar-refractivity contribution is 6.37. The number of carbonyl (C=O) groups excluding carboxylic acids is 1. The zero-order chi connectivity index (χ0) is 29.6. The van der Waals surface area contributed by atoms with Crippen molar-refractivity contribution in [2.24, 2.45) is 0 Å². The van der Waals surface area contributed by atoms with Gasteiger partial charge >= 0.3 is 6.09 Å². The normalized spacial score (nSPS) is 14.1. The number of hydrogen-bond donors (Lipinski definition) is 3. The molecule has 0 saturated carbocycles. The predicted octanol–water partition coefficient (Wildman–Crippen LogP) is 8.90. The fraction of sp³-hybridized carbons (Fsp3) is 0.441. The molecule has 3 N–H and O–H groups in total. The van der Waals surface area contributed by atoms with Crippen LogP contribution in [0.4, 0.5) is 10.5 Å². The Balaban J connectivity index is 1.00. The van der Waals surface area contributed by atoms with Gasteiger partial charge in [0.25, 0.3) is 0 Å². The molecule has 1 fully saturated rings. The largest absolute Gasteiger partial charge is 0.505 e. The second kappa shape index (κ2) is 17.4. The van der Waals surface area contributed by atoms with Gasteiger partial charge < -0.3 is 20.1 Å². The van der Waals surface area contributed by atoms with Crippen molar-refractivity contribution in [2.75, 3.05) is 31.5 Å². The molecule has 1 saturated heterocycles. The molecule has 6 nitrogen and oxygen atoms in total. The van der Waals surface area contributed by atoms with E-state index >= 15 is 0 Å². The summed E-state index contributed by atoms with van der Waals surface area (Å²) in [7, 11) is 0. The number of piperidine rings is 1. The van der Waals surface area contributed by atoms with Crippen molar-refractivity contribution in [3.63, 3.8) is 0 Å². The molecule has 0 unspecified atom stereocenters. The molecule has 1 heterocycles. The maximum Gasteiger partial charge on any atom is 0.411 e. The van der Waals surface area contributed by atoms with Gasteiger partial charge in [-0.1, -0.05) is 110 Å². The highest BCUT2D eigenvalue weighted by Gasteiger charge is 2.22. The molecule has 0 aromatic heterocycles. The van der Waals surface area contributed by atoms with E-state index in [0.29, 0.717) is 11.6 Å². The van der Waals surface area contributed by atoms with Gasteiger partial charge in [0.05, 0.1) is 15.7 Å². The summed E-state index contributed by atoms with van der Waals surface area (Å²) in [6.07, 6.45) is 9.98. The van der Waals surface area contributed by atoms with Crippen LogP contribution in [0.2, 0.25) is 10.0 Å². The van der Waals surface area contributed by atoms with Crippen LogP contribution in [0.15, 0.2) is 66.7 Å². The van der Waals surface area contributed by atoms with Crippen molar-refractivity contribution in [1.29, 1.82) is 0 Å². The number of phenols is 1. The molecule has 0 atom stereocenters. The van der Waals surface area contributed by atoms with E-state index in [9.17, 15) is 9.90 Å². The maximum absolute atomic E-state index is 12.6. The van der Waals surface area contributed by atoms with Gasteiger partial charge in [0, 0.05) is 25.2 Å². The minimum atomic E-state index is -0.376. The van der Waals surface area contributed by atoms with Crippen LogP contribution in [0, 0.1) is 0 Å². The van der Waals surface area contributed by atoms with Gasteiger partial charge in [-0.15, -0.1) is 0 Å². The van der Waals surface area contributed by atoms with Gasteiger partial charge in [0.1, 0.15) is 6.10 Å². The molecule has 42 heavy (non-hydrogen) atoms. The Hall–Kier alpha value is -2.77. The summed E-state index contributed by atoms with van der Waals surface area (Å²) in [5, 5.41) is 16.8. The van der Waals surface area contributed by atoms with E-state index in [4.69, 9.17) is 27.9 Å². The fourth-order valence-corrected chi connectivity index (χ4v) is 5.85. The number of hydrogen-bond acceptors (Lipinski definition) is 5. The molecule has 1 aliphatic heterocycles. The Morgan fingerprint density at radius 2 is 1.52 bits per heavy atom. The average Bonchev–Trinajstić information content (AvgIpc) is 3.01. The van der Waals surface area contributed by atoms with Gasteiger partial charge in [-0.05, 0) is 62.0 Å². The lowest BCUT2D eigenvalue weighted by Gasteiger charge is -2.31. The fourth-order valence-electron chi connectivity index (χ4n) is 5.41. The number of para-hydroxylation sites is 1. The average molecular weight is 613 g/mol. The SMILES string of the molecule is O=C(Nc1ccccc1-c1ccccc1)OC1CCN(CCCCCCCCCNCc2ccc(Cl)c(O)c2Cl)CC1.